The second kappa shape index (κ2) is 8.54. The molecule has 0 bridgehead atoms. The van der Waals surface area contributed by atoms with Crippen molar-refractivity contribution < 1.29 is 9.53 Å². The van der Waals surface area contributed by atoms with Crippen LogP contribution in [0, 0.1) is 11.8 Å². The fraction of sp³-hybridized carbons (Fsp3) is 0.933. The molecule has 2 heteroatoms. The summed E-state index contributed by atoms with van der Waals surface area (Å²) in [6.45, 7) is 4.66. The maximum Gasteiger partial charge on any atom is 0.309 e. The number of ether oxygens (including phenoxy) is 1. The highest BCUT2D eigenvalue weighted by molar-refractivity contribution is 5.75. The Balaban J connectivity index is 1.87. The zero-order valence-corrected chi connectivity index (χ0v) is 11.5. The van der Waals surface area contributed by atoms with Crippen LogP contribution in [0.25, 0.3) is 0 Å². The Morgan fingerprint density at radius 1 is 1.06 bits per heavy atom. The number of carbonyl (C=O) groups excluding carboxylic acids is 1. The van der Waals surface area contributed by atoms with Crippen molar-refractivity contribution in [2.75, 3.05) is 6.61 Å². The minimum Gasteiger partial charge on any atom is -0.466 e. The summed E-state index contributed by atoms with van der Waals surface area (Å²) in [5.41, 5.74) is 0. The highest BCUT2D eigenvalue weighted by Crippen LogP contribution is 2.43. The Morgan fingerprint density at radius 2 is 1.71 bits per heavy atom. The number of carbonyl (C=O) groups is 1. The van der Waals surface area contributed by atoms with Crippen LogP contribution in [0.4, 0.5) is 0 Å². The number of hydrogen-bond acceptors (Lipinski definition) is 2. The van der Waals surface area contributed by atoms with Crippen LogP contribution in [0.1, 0.15) is 71.6 Å². The van der Waals surface area contributed by atoms with E-state index in [-0.39, 0.29) is 11.9 Å². The van der Waals surface area contributed by atoms with Crippen LogP contribution in [0.5, 0.6) is 0 Å². The van der Waals surface area contributed by atoms with E-state index >= 15 is 0 Å². The summed E-state index contributed by atoms with van der Waals surface area (Å²) in [6, 6.07) is 0. The lowest BCUT2D eigenvalue weighted by molar-refractivity contribution is -0.145. The lowest BCUT2D eigenvalue weighted by Crippen LogP contribution is -2.07. The van der Waals surface area contributed by atoms with Gasteiger partial charge < -0.3 is 4.74 Å². The fourth-order valence-corrected chi connectivity index (χ4v) is 2.47. The van der Waals surface area contributed by atoms with Crippen LogP contribution in [0.2, 0.25) is 0 Å². The van der Waals surface area contributed by atoms with Crippen molar-refractivity contribution in [3.05, 3.63) is 0 Å². The van der Waals surface area contributed by atoms with Gasteiger partial charge in [0.2, 0.25) is 0 Å². The zero-order chi connectivity index (χ0) is 12.5. The van der Waals surface area contributed by atoms with Crippen molar-refractivity contribution in [2.24, 2.45) is 11.8 Å². The molecule has 2 nitrogen and oxygen atoms in total. The van der Waals surface area contributed by atoms with E-state index in [0.717, 1.165) is 6.42 Å². The maximum atomic E-state index is 11.4. The lowest BCUT2D eigenvalue weighted by atomic mass is 10.1. The van der Waals surface area contributed by atoms with E-state index in [1.54, 1.807) is 0 Å². The molecule has 0 N–H and O–H groups in total. The Labute approximate surface area is 106 Å². The highest BCUT2D eigenvalue weighted by Gasteiger charge is 2.43. The van der Waals surface area contributed by atoms with E-state index in [4.69, 9.17) is 4.74 Å². The summed E-state index contributed by atoms with van der Waals surface area (Å²) in [7, 11) is 0. The zero-order valence-electron chi connectivity index (χ0n) is 11.5. The normalized spacial score (nSPS) is 22.5. The van der Waals surface area contributed by atoms with Crippen molar-refractivity contribution in [1.29, 1.82) is 0 Å². The summed E-state index contributed by atoms with van der Waals surface area (Å²) >= 11 is 0. The average Bonchev–Trinajstić information content (AvgIpc) is 3.08. The van der Waals surface area contributed by atoms with E-state index in [2.05, 4.69) is 6.92 Å². The third-order valence-electron chi connectivity index (χ3n) is 3.69. The second-order valence-electron chi connectivity index (χ2n) is 5.26. The number of unbranched alkanes of at least 4 members (excludes halogenated alkanes) is 6. The molecule has 2 unspecified atom stereocenters. The van der Waals surface area contributed by atoms with Gasteiger partial charge in [-0.15, -0.1) is 0 Å². The van der Waals surface area contributed by atoms with Gasteiger partial charge in [-0.3, -0.25) is 4.79 Å². The first kappa shape index (κ1) is 14.5. The van der Waals surface area contributed by atoms with Crippen molar-refractivity contribution in [2.45, 2.75) is 71.6 Å². The molecule has 0 aromatic carbocycles. The quantitative estimate of drug-likeness (QED) is 0.420. The fourth-order valence-electron chi connectivity index (χ4n) is 2.47. The molecule has 0 amide bonds. The van der Waals surface area contributed by atoms with Gasteiger partial charge in [-0.05, 0) is 25.7 Å². The van der Waals surface area contributed by atoms with Gasteiger partial charge in [0, 0.05) is 0 Å². The number of hydrogen-bond donors (Lipinski definition) is 0. The van der Waals surface area contributed by atoms with Crippen LogP contribution in [-0.4, -0.2) is 12.6 Å². The van der Waals surface area contributed by atoms with Gasteiger partial charge in [0.05, 0.1) is 12.5 Å². The molecule has 0 saturated heterocycles. The second-order valence-corrected chi connectivity index (χ2v) is 5.26. The summed E-state index contributed by atoms with van der Waals surface area (Å²) in [5.74, 6) is 0.931. The topological polar surface area (TPSA) is 26.3 Å². The predicted octanol–water partition coefficient (Wildman–Crippen LogP) is 4.33. The summed E-state index contributed by atoms with van der Waals surface area (Å²) < 4.78 is 5.03. The van der Waals surface area contributed by atoms with Gasteiger partial charge in [0.25, 0.3) is 0 Å². The molecule has 1 aliphatic carbocycles. The van der Waals surface area contributed by atoms with E-state index in [0.29, 0.717) is 12.5 Å². The highest BCUT2D eigenvalue weighted by atomic mass is 16.5. The van der Waals surface area contributed by atoms with Crippen molar-refractivity contribution >= 4 is 5.97 Å². The molecule has 2 atom stereocenters. The molecule has 100 valence electrons. The first-order valence-corrected chi connectivity index (χ1v) is 7.46. The molecule has 17 heavy (non-hydrogen) atoms. The molecular weight excluding hydrogens is 212 g/mol. The van der Waals surface area contributed by atoms with Gasteiger partial charge in [0.1, 0.15) is 0 Å². The molecule has 1 rings (SSSR count). The first-order chi connectivity index (χ1) is 8.29. The molecule has 0 aliphatic heterocycles. The molecule has 1 aliphatic rings. The third kappa shape index (κ3) is 6.09. The van der Waals surface area contributed by atoms with Gasteiger partial charge in [0.15, 0.2) is 0 Å². The molecule has 0 radical (unpaired) electrons. The molecular formula is C15H28O2. The van der Waals surface area contributed by atoms with Crippen molar-refractivity contribution in [3.8, 4) is 0 Å². The summed E-state index contributed by atoms with van der Waals surface area (Å²) in [5, 5.41) is 0. The van der Waals surface area contributed by atoms with Crippen LogP contribution in [-0.2, 0) is 9.53 Å². The maximum absolute atomic E-state index is 11.4. The van der Waals surface area contributed by atoms with E-state index in [1.165, 1.54) is 51.4 Å². The van der Waals surface area contributed by atoms with Gasteiger partial charge in [-0.1, -0.05) is 51.9 Å². The molecule has 0 aromatic rings. The van der Waals surface area contributed by atoms with Crippen LogP contribution in [0.3, 0.4) is 0 Å². The van der Waals surface area contributed by atoms with Gasteiger partial charge >= 0.3 is 5.97 Å². The molecule has 0 aromatic heterocycles. The Kier molecular flexibility index (Phi) is 7.30. The molecule has 1 saturated carbocycles. The van der Waals surface area contributed by atoms with Crippen LogP contribution >= 0.6 is 0 Å². The van der Waals surface area contributed by atoms with Crippen LogP contribution < -0.4 is 0 Å². The van der Waals surface area contributed by atoms with Gasteiger partial charge in [-0.25, -0.2) is 0 Å². The minimum absolute atomic E-state index is 0.0421. The Morgan fingerprint density at radius 3 is 2.35 bits per heavy atom. The lowest BCUT2D eigenvalue weighted by Gasteiger charge is -2.02. The Bertz CT molecular complexity index is 213. The number of esters is 1. The monoisotopic (exact) mass is 240 g/mol. The number of rotatable bonds is 10. The molecule has 0 spiro atoms. The first-order valence-electron chi connectivity index (χ1n) is 7.46. The minimum atomic E-state index is 0.0421. The molecule has 1 fully saturated rings. The average molecular weight is 240 g/mol. The van der Waals surface area contributed by atoms with Crippen LogP contribution in [0.15, 0.2) is 0 Å². The van der Waals surface area contributed by atoms with Crippen molar-refractivity contribution in [3.63, 3.8) is 0 Å². The van der Waals surface area contributed by atoms with E-state index < -0.39 is 0 Å². The summed E-state index contributed by atoms with van der Waals surface area (Å²) in [6.07, 6.45) is 11.8. The third-order valence-corrected chi connectivity index (χ3v) is 3.69. The van der Waals surface area contributed by atoms with E-state index in [1.807, 2.05) is 6.92 Å². The largest absolute Gasteiger partial charge is 0.466 e. The standard InChI is InChI=1S/C15H28O2/c1-3-5-6-7-8-9-10-11-13-12-14(13)15(16)17-4-2/h13-14H,3-12H2,1-2H3. The smallest absolute Gasteiger partial charge is 0.309 e. The Hall–Kier alpha value is -0.530. The SMILES string of the molecule is CCCCCCCCCC1CC1C(=O)OCC. The summed E-state index contributed by atoms with van der Waals surface area (Å²) in [4.78, 5) is 11.4. The van der Waals surface area contributed by atoms with Gasteiger partial charge in [-0.2, -0.15) is 0 Å². The predicted molar refractivity (Wildman–Crippen MR) is 70.8 cm³/mol. The van der Waals surface area contributed by atoms with Crippen molar-refractivity contribution in [1.82, 2.24) is 0 Å². The van der Waals surface area contributed by atoms with E-state index in [9.17, 15) is 4.79 Å². The molecule has 0 heterocycles.